The van der Waals surface area contributed by atoms with Gasteiger partial charge in [-0.2, -0.15) is 0 Å². The Morgan fingerprint density at radius 2 is 0.708 bits per heavy atom. The number of benzene rings is 10. The van der Waals surface area contributed by atoms with Gasteiger partial charge >= 0.3 is 0 Å². The van der Waals surface area contributed by atoms with Crippen molar-refractivity contribution in [2.45, 2.75) is 0 Å². The average Bonchev–Trinajstić information content (AvgIpc) is 4.14. The third kappa shape index (κ3) is 7.08. The molecule has 6 nitrogen and oxygen atoms in total. The number of nitrogens with zero attached hydrogens (tertiary/aromatic N) is 6. The van der Waals surface area contributed by atoms with Gasteiger partial charge in [0, 0.05) is 57.0 Å². The molecule has 0 aliphatic rings. The quantitative estimate of drug-likeness (QED) is 0.152. The molecule has 0 bridgehead atoms. The van der Waals surface area contributed by atoms with E-state index in [4.69, 9.17) is 33.2 Å². The van der Waals surface area contributed by atoms with E-state index in [-0.39, 0.29) is 0 Å². The summed E-state index contributed by atoms with van der Waals surface area (Å²) in [5.74, 6) is 0. The normalized spacial score (nSPS) is 11.8. The maximum Gasteiger partial charge on any atom is 0.148 e. The van der Waals surface area contributed by atoms with Gasteiger partial charge in [0.1, 0.15) is 40.8 Å². The summed E-state index contributed by atoms with van der Waals surface area (Å²) in [7, 11) is 0. The average molecular weight is 1080 g/mol. The summed E-state index contributed by atoms with van der Waals surface area (Å²) in [6, 6.07) is 59.0. The van der Waals surface area contributed by atoms with Gasteiger partial charge in [0.2, 0.25) is 0 Å². The van der Waals surface area contributed by atoms with Gasteiger partial charge in [-0.25, -0.2) is 29.9 Å². The van der Waals surface area contributed by atoms with Gasteiger partial charge in [0.15, 0.2) is 0 Å². The lowest BCUT2D eigenvalue weighted by Gasteiger charge is -2.07. The van der Waals surface area contributed by atoms with Crippen LogP contribution in [0.1, 0.15) is 0 Å². The third-order valence-electron chi connectivity index (χ3n) is 13.2. The Labute approximate surface area is 440 Å². The molecule has 0 saturated carbocycles. The fraction of sp³-hybridized carbons (Fsp3) is 0. The van der Waals surface area contributed by atoms with Crippen molar-refractivity contribution in [2.75, 3.05) is 0 Å². The van der Waals surface area contributed by atoms with E-state index in [0.29, 0.717) is 10.2 Å². The molecule has 6 aromatic heterocycles. The third-order valence-corrected chi connectivity index (χ3v) is 17.4. The van der Waals surface area contributed by atoms with E-state index in [1.807, 2.05) is 30.5 Å². The standard InChI is InChI=1S/C24H13ClN2S.C18H9BrN2S.C18H9ClN2S/c25-15-7-5-6-14(12-15)20-13-26-24-22(27-20)21-18-10-3-1-8-16(18)17-9-2-4-11-19(17)23(21)28-24;2*19-14-9-20-18-16(21-14)15-12-7-3-1-5-10(12)11-6-2-4-8-13(11)17(15)22-18/h1-13H;2*1-9H. The molecule has 0 aliphatic heterocycles. The Morgan fingerprint density at radius 1 is 0.347 bits per heavy atom. The number of thiophene rings is 3. The van der Waals surface area contributed by atoms with Gasteiger partial charge < -0.3 is 0 Å². The van der Waals surface area contributed by atoms with Crippen molar-refractivity contribution in [3.63, 3.8) is 0 Å². The van der Waals surface area contributed by atoms with Crippen LogP contribution in [0.15, 0.2) is 193 Å². The molecule has 10 aromatic carbocycles. The first-order chi connectivity index (χ1) is 35.4. The summed E-state index contributed by atoms with van der Waals surface area (Å²) in [6.07, 6.45) is 5.22. The zero-order valence-corrected chi connectivity index (χ0v) is 43.0. The molecule has 0 unspecified atom stereocenters. The fourth-order valence-electron chi connectivity index (χ4n) is 10.2. The highest BCUT2D eigenvalue weighted by atomic mass is 79.9. The molecule has 0 N–H and O–H groups in total. The van der Waals surface area contributed by atoms with Crippen molar-refractivity contribution in [2.24, 2.45) is 0 Å². The summed E-state index contributed by atoms with van der Waals surface area (Å²) in [6.45, 7) is 0. The minimum absolute atomic E-state index is 0.435. The molecule has 72 heavy (non-hydrogen) atoms. The number of rotatable bonds is 1. The molecule has 12 heteroatoms. The Morgan fingerprint density at radius 3 is 1.15 bits per heavy atom. The number of hydrogen-bond acceptors (Lipinski definition) is 9. The van der Waals surface area contributed by atoms with Crippen LogP contribution < -0.4 is 0 Å². The highest BCUT2D eigenvalue weighted by Crippen LogP contribution is 2.46. The molecule has 0 saturated heterocycles. The Bertz CT molecular complexity index is 4710. The Hall–Kier alpha value is -7.28. The van der Waals surface area contributed by atoms with Crippen LogP contribution in [-0.2, 0) is 0 Å². The highest BCUT2D eigenvalue weighted by Gasteiger charge is 2.19. The maximum absolute atomic E-state index is 6.18. The van der Waals surface area contributed by atoms with Crippen LogP contribution in [0, 0.1) is 0 Å². The number of fused-ring (bicyclic) bond motifs is 24. The zero-order chi connectivity index (χ0) is 48.0. The van der Waals surface area contributed by atoms with Crippen molar-refractivity contribution in [1.82, 2.24) is 29.9 Å². The molecule has 0 fully saturated rings. The van der Waals surface area contributed by atoms with Crippen LogP contribution in [-0.4, -0.2) is 29.9 Å². The maximum atomic E-state index is 6.18. The zero-order valence-electron chi connectivity index (χ0n) is 37.4. The number of hydrogen-bond donors (Lipinski definition) is 0. The lowest BCUT2D eigenvalue weighted by molar-refractivity contribution is 1.27. The Kier molecular flexibility index (Phi) is 10.6. The monoisotopic (exact) mass is 1080 g/mol. The lowest BCUT2D eigenvalue weighted by atomic mass is 9.98. The molecule has 340 valence electrons. The van der Waals surface area contributed by atoms with Crippen molar-refractivity contribution in [3.05, 3.63) is 203 Å². The van der Waals surface area contributed by atoms with Crippen molar-refractivity contribution in [3.8, 4) is 11.3 Å². The summed E-state index contributed by atoms with van der Waals surface area (Å²) in [4.78, 5) is 30.9. The number of halogens is 3. The SMILES string of the molecule is Brc1cnc2sc3c4ccccc4c4ccccc4c3c2n1.Clc1cccc(-c2cnc3sc4c5ccccc5c5ccccc5c4c3n2)c1.Clc1cnc2sc3c4ccccc4c4ccccc4c3c2n1. The van der Waals surface area contributed by atoms with E-state index in [1.165, 1.54) is 89.5 Å². The molecule has 0 radical (unpaired) electrons. The molecule has 6 heterocycles. The second-order valence-electron chi connectivity index (χ2n) is 17.3. The molecular weight excluding hydrogens is 1050 g/mol. The minimum atomic E-state index is 0.435. The molecule has 16 aromatic rings. The van der Waals surface area contributed by atoms with Gasteiger partial charge in [-0.3, -0.25) is 0 Å². The summed E-state index contributed by atoms with van der Waals surface area (Å²) in [5.41, 5.74) is 4.66. The predicted molar refractivity (Wildman–Crippen MR) is 313 cm³/mol. The molecular formula is C60H31BrCl2N6S3. The minimum Gasteiger partial charge on any atom is -0.243 e. The smallest absolute Gasteiger partial charge is 0.148 e. The highest BCUT2D eigenvalue weighted by molar-refractivity contribution is 9.10. The summed E-state index contributed by atoms with van der Waals surface area (Å²) >= 11 is 20.8. The van der Waals surface area contributed by atoms with Crippen molar-refractivity contribution >= 4 is 199 Å². The topological polar surface area (TPSA) is 77.3 Å². The van der Waals surface area contributed by atoms with E-state index in [1.54, 1.807) is 46.4 Å². The van der Waals surface area contributed by atoms with E-state index in [9.17, 15) is 0 Å². The van der Waals surface area contributed by atoms with Gasteiger partial charge in [-0.15, -0.1) is 34.0 Å². The summed E-state index contributed by atoms with van der Waals surface area (Å²) < 4.78 is 4.51. The molecule has 0 amide bonds. The molecule has 0 atom stereocenters. The summed E-state index contributed by atoms with van der Waals surface area (Å²) in [5, 5.41) is 19.7. The largest absolute Gasteiger partial charge is 0.243 e. The van der Waals surface area contributed by atoms with E-state index in [0.717, 1.165) is 52.3 Å². The van der Waals surface area contributed by atoms with E-state index >= 15 is 0 Å². The Balaban J connectivity index is 0.000000101. The first-order valence-corrected chi connectivity index (χ1v) is 27.0. The molecule has 0 aliphatic carbocycles. The van der Waals surface area contributed by atoms with Gasteiger partial charge in [0.05, 0.1) is 24.3 Å². The van der Waals surface area contributed by atoms with Crippen molar-refractivity contribution in [1.29, 1.82) is 0 Å². The first kappa shape index (κ1) is 43.5. The van der Waals surface area contributed by atoms with Crippen LogP contribution in [0.2, 0.25) is 10.2 Å². The lowest BCUT2D eigenvalue weighted by Crippen LogP contribution is -1.87. The molecule has 0 spiro atoms. The van der Waals surface area contributed by atoms with Gasteiger partial charge in [-0.05, 0) is 76.5 Å². The van der Waals surface area contributed by atoms with Crippen molar-refractivity contribution < 1.29 is 0 Å². The number of aromatic nitrogens is 6. The van der Waals surface area contributed by atoms with Crippen LogP contribution in [0.3, 0.4) is 0 Å². The second kappa shape index (κ2) is 17.5. The predicted octanol–water partition coefficient (Wildman–Crippen LogP) is 19.2. The fourth-order valence-corrected chi connectivity index (χ4v) is 14.3. The van der Waals surface area contributed by atoms with E-state index < -0.39 is 0 Å². The second-order valence-corrected chi connectivity index (χ2v) is 21.9. The van der Waals surface area contributed by atoms with Crippen LogP contribution in [0.4, 0.5) is 0 Å². The molecule has 16 rings (SSSR count). The van der Waals surface area contributed by atoms with Gasteiger partial charge in [0.25, 0.3) is 0 Å². The van der Waals surface area contributed by atoms with Gasteiger partial charge in [-0.1, -0.05) is 181 Å². The van der Waals surface area contributed by atoms with E-state index in [2.05, 4.69) is 181 Å². The van der Waals surface area contributed by atoms with Crippen LogP contribution >= 0.6 is 73.1 Å². The van der Waals surface area contributed by atoms with Crippen LogP contribution in [0.25, 0.3) is 137 Å². The van der Waals surface area contributed by atoms with Crippen LogP contribution in [0.5, 0.6) is 0 Å². The first-order valence-electron chi connectivity index (χ1n) is 23.0.